The molecule has 0 atom stereocenters. The summed E-state index contributed by atoms with van der Waals surface area (Å²) in [6.07, 6.45) is 0. The fourth-order valence-corrected chi connectivity index (χ4v) is 7.95. The van der Waals surface area contributed by atoms with Crippen molar-refractivity contribution in [2.75, 3.05) is 0 Å². The minimum atomic E-state index is -0.0737. The van der Waals surface area contributed by atoms with Crippen LogP contribution < -0.4 is 0 Å². The van der Waals surface area contributed by atoms with E-state index in [0.29, 0.717) is 0 Å². The van der Waals surface area contributed by atoms with E-state index in [4.69, 9.17) is 9.40 Å². The third kappa shape index (κ3) is 3.71. The van der Waals surface area contributed by atoms with Crippen LogP contribution in [0.4, 0.5) is 0 Å². The summed E-state index contributed by atoms with van der Waals surface area (Å²) in [5.74, 6) is 0.878. The lowest BCUT2D eigenvalue weighted by Gasteiger charge is -2.21. The zero-order valence-electron chi connectivity index (χ0n) is 26.2. The summed E-state index contributed by atoms with van der Waals surface area (Å²) in [6, 6.07) is 51.9. The molecule has 0 saturated carbocycles. The van der Waals surface area contributed by atoms with E-state index in [9.17, 15) is 0 Å². The molecule has 1 aliphatic rings. The van der Waals surface area contributed by atoms with Crippen molar-refractivity contribution in [2.24, 2.45) is 0 Å². The van der Waals surface area contributed by atoms with Gasteiger partial charge in [0, 0.05) is 38.6 Å². The van der Waals surface area contributed by atoms with Gasteiger partial charge in [-0.2, -0.15) is 0 Å². The average Bonchev–Trinajstić information content (AvgIpc) is 3.73. The zero-order valence-corrected chi connectivity index (χ0v) is 26.2. The van der Waals surface area contributed by atoms with Gasteiger partial charge in [-0.3, -0.25) is 4.57 Å². The molecule has 0 radical (unpaired) electrons. The lowest BCUT2D eigenvalue weighted by Crippen LogP contribution is -2.14. The molecule has 0 spiro atoms. The molecule has 10 rings (SSSR count). The monoisotopic (exact) mass is 602 g/mol. The number of fused-ring (bicyclic) bond motifs is 10. The molecule has 1 aliphatic carbocycles. The zero-order chi connectivity index (χ0) is 31.3. The Hall–Kier alpha value is -5.93. The first-order valence-corrected chi connectivity index (χ1v) is 16.2. The molecule has 47 heavy (non-hydrogen) atoms. The molecule has 0 unspecified atom stereocenters. The SMILES string of the molecule is CC1(C)c2ccccc2-c2c1ccc1oc3cc4c(cc3c21)c1ccccc1n4-c1cc(-c2ccccc2)cc(-c2ccccc2)n1. The van der Waals surface area contributed by atoms with E-state index in [1.807, 2.05) is 6.07 Å². The number of para-hydroxylation sites is 1. The summed E-state index contributed by atoms with van der Waals surface area (Å²) in [5.41, 5.74) is 13.6. The Labute approximate surface area is 272 Å². The van der Waals surface area contributed by atoms with Crippen molar-refractivity contribution in [3.8, 4) is 39.3 Å². The van der Waals surface area contributed by atoms with Crippen molar-refractivity contribution < 1.29 is 4.42 Å². The smallest absolute Gasteiger partial charge is 0.138 e. The van der Waals surface area contributed by atoms with Gasteiger partial charge in [-0.1, -0.05) is 123 Å². The fourth-order valence-electron chi connectivity index (χ4n) is 7.95. The highest BCUT2D eigenvalue weighted by atomic mass is 16.3. The molecule has 6 aromatic carbocycles. The molecule has 0 saturated heterocycles. The lowest BCUT2D eigenvalue weighted by atomic mass is 9.82. The highest BCUT2D eigenvalue weighted by Crippen LogP contribution is 2.53. The standard InChI is InChI=1S/C44H30N2O/c1-44(2)34-19-11-9-18-31(34)42-35(44)21-22-39-43(42)33-25-32-30-17-10-12-20-37(30)46(38(32)26-40(33)47-39)41-24-29(27-13-5-3-6-14-27)23-36(45-41)28-15-7-4-8-16-28/h3-26H,1-2H3. The molecule has 0 amide bonds. The van der Waals surface area contributed by atoms with Crippen LogP contribution >= 0.6 is 0 Å². The predicted molar refractivity (Wildman–Crippen MR) is 194 cm³/mol. The number of aromatic nitrogens is 2. The molecule has 0 fully saturated rings. The van der Waals surface area contributed by atoms with E-state index < -0.39 is 0 Å². The maximum Gasteiger partial charge on any atom is 0.138 e. The minimum absolute atomic E-state index is 0.0737. The first-order chi connectivity index (χ1) is 23.1. The second-order valence-electron chi connectivity index (χ2n) is 13.2. The molecule has 0 aliphatic heterocycles. The van der Waals surface area contributed by atoms with Crippen molar-refractivity contribution in [3.05, 3.63) is 157 Å². The van der Waals surface area contributed by atoms with Crippen molar-refractivity contribution in [1.29, 1.82) is 0 Å². The van der Waals surface area contributed by atoms with Crippen LogP contribution in [-0.2, 0) is 5.41 Å². The molecule has 0 N–H and O–H groups in total. The van der Waals surface area contributed by atoms with Gasteiger partial charge in [0.2, 0.25) is 0 Å². The molecule has 3 nitrogen and oxygen atoms in total. The minimum Gasteiger partial charge on any atom is -0.456 e. The Morgan fingerprint density at radius 2 is 1.26 bits per heavy atom. The van der Waals surface area contributed by atoms with E-state index in [1.165, 1.54) is 38.4 Å². The van der Waals surface area contributed by atoms with Gasteiger partial charge in [0.25, 0.3) is 0 Å². The van der Waals surface area contributed by atoms with E-state index >= 15 is 0 Å². The highest BCUT2D eigenvalue weighted by molar-refractivity contribution is 6.21. The van der Waals surface area contributed by atoms with Crippen molar-refractivity contribution in [1.82, 2.24) is 9.55 Å². The third-order valence-corrected chi connectivity index (χ3v) is 10.2. The van der Waals surface area contributed by atoms with Gasteiger partial charge in [-0.25, -0.2) is 4.98 Å². The first-order valence-electron chi connectivity index (χ1n) is 16.2. The summed E-state index contributed by atoms with van der Waals surface area (Å²) >= 11 is 0. The number of hydrogen-bond donors (Lipinski definition) is 0. The number of pyridine rings is 1. The second kappa shape index (κ2) is 9.54. The Bertz CT molecular complexity index is 2640. The first kappa shape index (κ1) is 26.3. The highest BCUT2D eigenvalue weighted by Gasteiger charge is 2.37. The van der Waals surface area contributed by atoms with Gasteiger partial charge in [0.15, 0.2) is 0 Å². The van der Waals surface area contributed by atoms with Crippen LogP contribution in [0, 0.1) is 0 Å². The maximum absolute atomic E-state index is 6.71. The van der Waals surface area contributed by atoms with Gasteiger partial charge in [-0.15, -0.1) is 0 Å². The average molecular weight is 603 g/mol. The van der Waals surface area contributed by atoms with Crippen LogP contribution in [0.15, 0.2) is 150 Å². The van der Waals surface area contributed by atoms with Gasteiger partial charge in [0.1, 0.15) is 17.0 Å². The van der Waals surface area contributed by atoms with E-state index in [1.54, 1.807) is 0 Å². The van der Waals surface area contributed by atoms with Gasteiger partial charge >= 0.3 is 0 Å². The number of benzene rings is 6. The molecule has 3 heteroatoms. The predicted octanol–water partition coefficient (Wildman–Crippen LogP) is 11.7. The van der Waals surface area contributed by atoms with Crippen LogP contribution in [0.2, 0.25) is 0 Å². The lowest BCUT2D eigenvalue weighted by molar-refractivity contribution is 0.656. The van der Waals surface area contributed by atoms with Crippen LogP contribution in [0.3, 0.4) is 0 Å². The topological polar surface area (TPSA) is 31.0 Å². The van der Waals surface area contributed by atoms with E-state index in [0.717, 1.165) is 55.8 Å². The van der Waals surface area contributed by atoms with Crippen LogP contribution in [0.5, 0.6) is 0 Å². The second-order valence-corrected chi connectivity index (χ2v) is 13.2. The summed E-state index contributed by atoms with van der Waals surface area (Å²) in [5, 5.41) is 4.73. The molecule has 0 bridgehead atoms. The Morgan fingerprint density at radius 1 is 0.532 bits per heavy atom. The number of hydrogen-bond acceptors (Lipinski definition) is 2. The Balaban J connectivity index is 1.29. The van der Waals surface area contributed by atoms with Crippen LogP contribution in [0.25, 0.3) is 83.1 Å². The summed E-state index contributed by atoms with van der Waals surface area (Å²) < 4.78 is 9.01. The summed E-state index contributed by atoms with van der Waals surface area (Å²) in [6.45, 7) is 4.66. The number of rotatable bonds is 3. The van der Waals surface area contributed by atoms with Gasteiger partial charge < -0.3 is 4.42 Å². The maximum atomic E-state index is 6.71. The van der Waals surface area contributed by atoms with Crippen molar-refractivity contribution >= 4 is 43.7 Å². The van der Waals surface area contributed by atoms with E-state index in [2.05, 4.69) is 158 Å². The Kier molecular flexibility index (Phi) is 5.34. The van der Waals surface area contributed by atoms with Gasteiger partial charge in [-0.05, 0) is 63.7 Å². The van der Waals surface area contributed by atoms with Crippen LogP contribution in [-0.4, -0.2) is 9.55 Å². The quantitative estimate of drug-likeness (QED) is 0.201. The molecular weight excluding hydrogens is 572 g/mol. The largest absolute Gasteiger partial charge is 0.456 e. The fraction of sp³-hybridized carbons (Fsp3) is 0.0682. The number of nitrogens with zero attached hydrogens (tertiary/aromatic N) is 2. The molecule has 3 aromatic heterocycles. The molecule has 3 heterocycles. The van der Waals surface area contributed by atoms with Gasteiger partial charge in [0.05, 0.1) is 16.7 Å². The summed E-state index contributed by atoms with van der Waals surface area (Å²) in [4.78, 5) is 5.32. The van der Waals surface area contributed by atoms with Crippen molar-refractivity contribution in [2.45, 2.75) is 19.3 Å². The normalized spacial score (nSPS) is 13.5. The Morgan fingerprint density at radius 3 is 2.09 bits per heavy atom. The number of furan rings is 1. The molecular formula is C44H30N2O. The molecule has 222 valence electrons. The summed E-state index contributed by atoms with van der Waals surface area (Å²) in [7, 11) is 0. The van der Waals surface area contributed by atoms with E-state index in [-0.39, 0.29) is 5.41 Å². The van der Waals surface area contributed by atoms with Crippen LogP contribution in [0.1, 0.15) is 25.0 Å². The molecule has 9 aromatic rings. The third-order valence-electron chi connectivity index (χ3n) is 10.2. The van der Waals surface area contributed by atoms with Crippen molar-refractivity contribution in [3.63, 3.8) is 0 Å².